The number of halogens is 3. The summed E-state index contributed by atoms with van der Waals surface area (Å²) in [6.45, 7) is -0.0237. The van der Waals surface area contributed by atoms with Gasteiger partial charge >= 0.3 is 6.18 Å². The lowest BCUT2D eigenvalue weighted by Crippen LogP contribution is -2.16. The minimum absolute atomic E-state index is 0.0237. The van der Waals surface area contributed by atoms with Crippen molar-refractivity contribution >= 4 is 5.84 Å². The van der Waals surface area contributed by atoms with E-state index in [0.29, 0.717) is 5.56 Å². The van der Waals surface area contributed by atoms with Crippen LogP contribution in [0.1, 0.15) is 16.8 Å². The predicted octanol–water partition coefficient (Wildman–Crippen LogP) is 2.96. The molecule has 0 aliphatic heterocycles. The van der Waals surface area contributed by atoms with E-state index in [-0.39, 0.29) is 23.9 Å². The Hall–Kier alpha value is -2.57. The second kappa shape index (κ2) is 5.82. The minimum Gasteiger partial charge on any atom is -0.489 e. The van der Waals surface area contributed by atoms with Crippen LogP contribution in [0.4, 0.5) is 13.2 Å². The first-order valence-corrected chi connectivity index (χ1v) is 5.96. The molecule has 7 heteroatoms. The fourth-order valence-electron chi connectivity index (χ4n) is 1.72. The zero-order valence-corrected chi connectivity index (χ0v) is 10.8. The van der Waals surface area contributed by atoms with Gasteiger partial charge in [-0.2, -0.15) is 13.2 Å². The van der Waals surface area contributed by atoms with Crippen LogP contribution in [0.5, 0.6) is 5.75 Å². The number of aromatic nitrogens is 1. The van der Waals surface area contributed by atoms with Crippen LogP contribution in [0.25, 0.3) is 0 Å². The molecule has 21 heavy (non-hydrogen) atoms. The van der Waals surface area contributed by atoms with Gasteiger partial charge in [-0.15, -0.1) is 0 Å². The Balaban J connectivity index is 2.16. The van der Waals surface area contributed by atoms with Gasteiger partial charge in [-0.25, -0.2) is 0 Å². The molecule has 0 radical (unpaired) electrons. The average Bonchev–Trinajstić information content (AvgIpc) is 2.45. The molecule has 0 atom stereocenters. The van der Waals surface area contributed by atoms with Gasteiger partial charge in [0.25, 0.3) is 0 Å². The number of nitrogen functional groups attached to an aromatic ring is 1. The highest BCUT2D eigenvalue weighted by Gasteiger charge is 2.30. The molecule has 4 nitrogen and oxygen atoms in total. The second-order valence-corrected chi connectivity index (χ2v) is 4.24. The van der Waals surface area contributed by atoms with Crippen molar-refractivity contribution in [3.05, 3.63) is 59.4 Å². The van der Waals surface area contributed by atoms with Crippen molar-refractivity contribution in [2.24, 2.45) is 5.73 Å². The Morgan fingerprint density at radius 1 is 1.24 bits per heavy atom. The molecule has 3 N–H and O–H groups in total. The first kappa shape index (κ1) is 14.8. The molecular formula is C14H12F3N3O. The number of pyridine rings is 1. The van der Waals surface area contributed by atoms with Crippen LogP contribution in [0.15, 0.2) is 42.6 Å². The molecule has 0 amide bonds. The summed E-state index contributed by atoms with van der Waals surface area (Å²) >= 11 is 0. The van der Waals surface area contributed by atoms with E-state index in [1.165, 1.54) is 18.3 Å². The summed E-state index contributed by atoms with van der Waals surface area (Å²) in [6.07, 6.45) is -2.94. The third kappa shape index (κ3) is 3.71. The minimum atomic E-state index is -4.42. The largest absolute Gasteiger partial charge is 0.489 e. The third-order valence-corrected chi connectivity index (χ3v) is 2.70. The maximum Gasteiger partial charge on any atom is 0.416 e. The molecule has 0 aliphatic carbocycles. The summed E-state index contributed by atoms with van der Waals surface area (Å²) in [5, 5.41) is 7.39. The van der Waals surface area contributed by atoms with Crippen LogP contribution in [-0.2, 0) is 12.8 Å². The van der Waals surface area contributed by atoms with Crippen molar-refractivity contribution < 1.29 is 17.9 Å². The number of nitrogens with two attached hydrogens (primary N) is 1. The molecule has 110 valence electrons. The van der Waals surface area contributed by atoms with E-state index < -0.39 is 11.7 Å². The van der Waals surface area contributed by atoms with E-state index >= 15 is 0 Å². The Morgan fingerprint density at radius 2 is 2.00 bits per heavy atom. The molecular weight excluding hydrogens is 283 g/mol. The van der Waals surface area contributed by atoms with Crippen LogP contribution in [0.3, 0.4) is 0 Å². The summed E-state index contributed by atoms with van der Waals surface area (Å²) < 4.78 is 43.1. The predicted molar refractivity (Wildman–Crippen MR) is 71.0 cm³/mol. The molecule has 0 unspecified atom stereocenters. The van der Waals surface area contributed by atoms with Crippen molar-refractivity contribution in [3.63, 3.8) is 0 Å². The number of amidine groups is 1. The number of ether oxygens (including phenoxy) is 1. The van der Waals surface area contributed by atoms with E-state index in [1.54, 1.807) is 12.1 Å². The van der Waals surface area contributed by atoms with Gasteiger partial charge < -0.3 is 10.5 Å². The van der Waals surface area contributed by atoms with Crippen molar-refractivity contribution in [1.29, 1.82) is 5.41 Å². The zero-order chi connectivity index (χ0) is 15.5. The molecule has 0 aliphatic rings. The van der Waals surface area contributed by atoms with Crippen molar-refractivity contribution in [2.75, 3.05) is 0 Å². The maximum atomic E-state index is 12.6. The highest BCUT2D eigenvalue weighted by molar-refractivity contribution is 5.94. The van der Waals surface area contributed by atoms with E-state index in [1.807, 2.05) is 0 Å². The topological polar surface area (TPSA) is 72.0 Å². The number of benzene rings is 1. The highest BCUT2D eigenvalue weighted by Crippen LogP contribution is 2.31. The molecule has 0 saturated carbocycles. The summed E-state index contributed by atoms with van der Waals surface area (Å²) in [4.78, 5) is 3.94. The normalized spacial score (nSPS) is 11.2. The van der Waals surface area contributed by atoms with Gasteiger partial charge in [0.15, 0.2) is 0 Å². The highest BCUT2D eigenvalue weighted by atomic mass is 19.4. The third-order valence-electron chi connectivity index (χ3n) is 2.70. The number of hydrogen-bond donors (Lipinski definition) is 2. The lowest BCUT2D eigenvalue weighted by molar-refractivity contribution is -0.137. The Labute approximate surface area is 118 Å². The quantitative estimate of drug-likeness (QED) is 0.673. The standard InChI is InChI=1S/C14H12F3N3O/c15-14(16,17)10-4-1-5-11(7-10)21-8-9-3-2-6-20-12(9)13(18)19/h1-7H,8H2,(H3,18,19). The number of alkyl halides is 3. The zero-order valence-electron chi connectivity index (χ0n) is 10.8. The number of rotatable bonds is 4. The molecule has 1 aromatic carbocycles. The van der Waals surface area contributed by atoms with E-state index in [0.717, 1.165) is 12.1 Å². The number of nitrogens with one attached hydrogen (secondary N) is 1. The summed E-state index contributed by atoms with van der Waals surface area (Å²) in [7, 11) is 0. The van der Waals surface area contributed by atoms with Crippen LogP contribution in [-0.4, -0.2) is 10.8 Å². The van der Waals surface area contributed by atoms with Gasteiger partial charge in [0.1, 0.15) is 23.9 Å². The van der Waals surface area contributed by atoms with Gasteiger partial charge in [0, 0.05) is 11.8 Å². The van der Waals surface area contributed by atoms with Crippen molar-refractivity contribution in [3.8, 4) is 5.75 Å². The fraction of sp³-hybridized carbons (Fsp3) is 0.143. The van der Waals surface area contributed by atoms with Gasteiger partial charge in [-0.3, -0.25) is 10.4 Å². The fourth-order valence-corrected chi connectivity index (χ4v) is 1.72. The van der Waals surface area contributed by atoms with E-state index in [9.17, 15) is 13.2 Å². The molecule has 0 spiro atoms. The lowest BCUT2D eigenvalue weighted by atomic mass is 10.2. The first-order chi connectivity index (χ1) is 9.88. The van der Waals surface area contributed by atoms with E-state index in [4.69, 9.17) is 15.9 Å². The molecule has 0 saturated heterocycles. The molecule has 2 aromatic rings. The van der Waals surface area contributed by atoms with Crippen LogP contribution in [0, 0.1) is 5.41 Å². The van der Waals surface area contributed by atoms with E-state index in [2.05, 4.69) is 4.98 Å². The monoisotopic (exact) mass is 295 g/mol. The summed E-state index contributed by atoms with van der Waals surface area (Å²) in [6, 6.07) is 7.88. The SMILES string of the molecule is N=C(N)c1ncccc1COc1cccc(C(F)(F)F)c1. The molecule has 1 aromatic heterocycles. The van der Waals surface area contributed by atoms with Crippen LogP contribution >= 0.6 is 0 Å². The Morgan fingerprint density at radius 3 is 2.67 bits per heavy atom. The summed E-state index contributed by atoms with van der Waals surface area (Å²) in [5.41, 5.74) is 5.39. The van der Waals surface area contributed by atoms with Gasteiger partial charge in [0.2, 0.25) is 0 Å². The molecule has 0 fully saturated rings. The summed E-state index contributed by atoms with van der Waals surface area (Å²) in [5.74, 6) is -0.138. The Bertz CT molecular complexity index is 656. The first-order valence-electron chi connectivity index (χ1n) is 5.96. The van der Waals surface area contributed by atoms with Crippen molar-refractivity contribution in [1.82, 2.24) is 4.98 Å². The van der Waals surface area contributed by atoms with Gasteiger partial charge in [0.05, 0.1) is 5.56 Å². The van der Waals surface area contributed by atoms with Gasteiger partial charge in [-0.05, 0) is 24.3 Å². The molecule has 1 heterocycles. The van der Waals surface area contributed by atoms with Crippen molar-refractivity contribution in [2.45, 2.75) is 12.8 Å². The van der Waals surface area contributed by atoms with Gasteiger partial charge in [-0.1, -0.05) is 12.1 Å². The molecule has 0 bridgehead atoms. The Kier molecular flexibility index (Phi) is 4.11. The van der Waals surface area contributed by atoms with Crippen LogP contribution in [0.2, 0.25) is 0 Å². The average molecular weight is 295 g/mol. The van der Waals surface area contributed by atoms with Crippen LogP contribution < -0.4 is 10.5 Å². The molecule has 2 rings (SSSR count). The number of nitrogens with zero attached hydrogens (tertiary/aromatic N) is 1. The maximum absolute atomic E-state index is 12.6. The number of hydrogen-bond acceptors (Lipinski definition) is 3. The second-order valence-electron chi connectivity index (χ2n) is 4.24. The lowest BCUT2D eigenvalue weighted by Gasteiger charge is -2.11. The smallest absolute Gasteiger partial charge is 0.416 e.